The lowest BCUT2D eigenvalue weighted by atomic mass is 10.2. The minimum Gasteiger partial charge on any atom is -0.372 e. The summed E-state index contributed by atoms with van der Waals surface area (Å²) in [4.78, 5) is 15.0. The van der Waals surface area contributed by atoms with E-state index in [2.05, 4.69) is 22.3 Å². The molecule has 8 heteroatoms. The van der Waals surface area contributed by atoms with E-state index in [0.717, 1.165) is 29.2 Å². The van der Waals surface area contributed by atoms with Crippen molar-refractivity contribution in [2.24, 2.45) is 0 Å². The summed E-state index contributed by atoms with van der Waals surface area (Å²) in [6.45, 7) is 4.07. The van der Waals surface area contributed by atoms with Crippen LogP contribution in [-0.2, 0) is 21.4 Å². The van der Waals surface area contributed by atoms with Crippen LogP contribution in [-0.4, -0.2) is 39.7 Å². The molecule has 0 spiro atoms. The highest BCUT2D eigenvalue weighted by molar-refractivity contribution is 7.92. The van der Waals surface area contributed by atoms with E-state index in [1.54, 1.807) is 31.2 Å². The minimum atomic E-state index is -3.65. The number of benzene rings is 2. The van der Waals surface area contributed by atoms with Gasteiger partial charge in [-0.25, -0.2) is 8.42 Å². The van der Waals surface area contributed by atoms with Crippen LogP contribution in [0.3, 0.4) is 0 Å². The SMILES string of the molecule is C[C@@H](C(=O)NCc1ccc(N2CCCC2)cc1)N(c1ccc(Cl)cc1)S(C)(=O)=O. The molecule has 1 N–H and O–H groups in total. The minimum absolute atomic E-state index is 0.335. The summed E-state index contributed by atoms with van der Waals surface area (Å²) in [6, 6.07) is 13.6. The van der Waals surface area contributed by atoms with E-state index in [1.165, 1.54) is 18.5 Å². The largest absolute Gasteiger partial charge is 0.372 e. The molecule has 1 amide bonds. The number of rotatable bonds is 7. The van der Waals surface area contributed by atoms with Gasteiger partial charge in [0.2, 0.25) is 15.9 Å². The Morgan fingerprint density at radius 1 is 1.10 bits per heavy atom. The number of halogens is 1. The van der Waals surface area contributed by atoms with Crippen molar-refractivity contribution in [2.45, 2.75) is 32.4 Å². The Bertz CT molecular complexity index is 940. The van der Waals surface area contributed by atoms with Crippen molar-refractivity contribution in [1.29, 1.82) is 0 Å². The zero-order valence-electron chi connectivity index (χ0n) is 16.6. The van der Waals surface area contributed by atoms with Crippen LogP contribution in [0.1, 0.15) is 25.3 Å². The van der Waals surface area contributed by atoms with Gasteiger partial charge in [0.15, 0.2) is 0 Å². The summed E-state index contributed by atoms with van der Waals surface area (Å²) in [5.74, 6) is -0.367. The Morgan fingerprint density at radius 2 is 1.69 bits per heavy atom. The number of nitrogens with one attached hydrogen (secondary N) is 1. The maximum Gasteiger partial charge on any atom is 0.243 e. The zero-order valence-corrected chi connectivity index (χ0v) is 18.2. The van der Waals surface area contributed by atoms with E-state index >= 15 is 0 Å². The molecule has 0 unspecified atom stereocenters. The van der Waals surface area contributed by atoms with Crippen LogP contribution in [0, 0.1) is 0 Å². The number of carbonyl (C=O) groups excluding carboxylic acids is 1. The maximum absolute atomic E-state index is 12.7. The fourth-order valence-corrected chi connectivity index (χ4v) is 4.83. The first-order chi connectivity index (χ1) is 13.8. The van der Waals surface area contributed by atoms with E-state index in [-0.39, 0.29) is 5.91 Å². The van der Waals surface area contributed by atoms with Gasteiger partial charge >= 0.3 is 0 Å². The number of carbonyl (C=O) groups is 1. The lowest BCUT2D eigenvalue weighted by molar-refractivity contribution is -0.122. The molecule has 1 saturated heterocycles. The molecule has 3 rings (SSSR count). The average Bonchev–Trinajstić information content (AvgIpc) is 3.22. The van der Waals surface area contributed by atoms with Crippen molar-refractivity contribution in [2.75, 3.05) is 28.6 Å². The Morgan fingerprint density at radius 3 is 2.24 bits per heavy atom. The van der Waals surface area contributed by atoms with Gasteiger partial charge in [-0.3, -0.25) is 9.10 Å². The third-order valence-corrected chi connectivity index (χ3v) is 6.54. The molecule has 156 valence electrons. The van der Waals surface area contributed by atoms with Crippen LogP contribution in [0.4, 0.5) is 11.4 Å². The summed E-state index contributed by atoms with van der Waals surface area (Å²) < 4.78 is 25.7. The van der Waals surface area contributed by atoms with E-state index in [0.29, 0.717) is 17.3 Å². The van der Waals surface area contributed by atoms with E-state index in [9.17, 15) is 13.2 Å². The van der Waals surface area contributed by atoms with Crippen molar-refractivity contribution in [1.82, 2.24) is 5.32 Å². The molecule has 0 aliphatic carbocycles. The molecule has 1 heterocycles. The van der Waals surface area contributed by atoms with Crippen LogP contribution < -0.4 is 14.5 Å². The molecule has 0 aromatic heterocycles. The van der Waals surface area contributed by atoms with Gasteiger partial charge in [0.1, 0.15) is 6.04 Å². The normalized spacial score (nSPS) is 15.2. The van der Waals surface area contributed by atoms with Crippen molar-refractivity contribution >= 4 is 38.9 Å². The van der Waals surface area contributed by atoms with E-state index < -0.39 is 16.1 Å². The summed E-state index contributed by atoms with van der Waals surface area (Å²) in [6.07, 6.45) is 3.53. The Kier molecular flexibility index (Phi) is 6.70. The van der Waals surface area contributed by atoms with Crippen LogP contribution in [0.15, 0.2) is 48.5 Å². The predicted octanol–water partition coefficient (Wildman–Crippen LogP) is 3.41. The number of anilines is 2. The predicted molar refractivity (Wildman–Crippen MR) is 118 cm³/mol. The molecule has 2 aromatic rings. The molecule has 1 aliphatic heterocycles. The molecule has 1 fully saturated rings. The third kappa shape index (κ3) is 5.42. The van der Waals surface area contributed by atoms with Gasteiger partial charge in [-0.15, -0.1) is 0 Å². The molecule has 1 atom stereocenters. The molecule has 2 aromatic carbocycles. The first kappa shape index (κ1) is 21.5. The number of amides is 1. The second-order valence-electron chi connectivity index (χ2n) is 7.29. The number of hydrogen-bond donors (Lipinski definition) is 1. The highest BCUT2D eigenvalue weighted by Gasteiger charge is 2.28. The van der Waals surface area contributed by atoms with Gasteiger partial charge in [0.05, 0.1) is 11.9 Å². The van der Waals surface area contributed by atoms with Gasteiger partial charge in [-0.05, 0) is 61.7 Å². The topological polar surface area (TPSA) is 69.7 Å². The van der Waals surface area contributed by atoms with Crippen LogP contribution in [0.5, 0.6) is 0 Å². The molecule has 0 bridgehead atoms. The van der Waals surface area contributed by atoms with Gasteiger partial charge in [0.25, 0.3) is 0 Å². The zero-order chi connectivity index (χ0) is 21.0. The lowest BCUT2D eigenvalue weighted by Crippen LogP contribution is -2.47. The Balaban J connectivity index is 1.65. The molecular formula is C21H26ClN3O3S. The summed E-state index contributed by atoms with van der Waals surface area (Å²) in [7, 11) is -3.65. The van der Waals surface area contributed by atoms with Gasteiger partial charge < -0.3 is 10.2 Å². The summed E-state index contributed by atoms with van der Waals surface area (Å²) >= 11 is 5.89. The fraction of sp³-hybridized carbons (Fsp3) is 0.381. The third-order valence-electron chi connectivity index (χ3n) is 5.04. The summed E-state index contributed by atoms with van der Waals surface area (Å²) in [5.41, 5.74) is 2.55. The first-order valence-electron chi connectivity index (χ1n) is 9.62. The average molecular weight is 436 g/mol. The van der Waals surface area contributed by atoms with Crippen LogP contribution >= 0.6 is 11.6 Å². The number of sulfonamides is 1. The van der Waals surface area contributed by atoms with Gasteiger partial charge in [0, 0.05) is 30.3 Å². The second kappa shape index (κ2) is 9.05. The number of nitrogens with zero attached hydrogens (tertiary/aromatic N) is 2. The highest BCUT2D eigenvalue weighted by Crippen LogP contribution is 2.23. The van der Waals surface area contributed by atoms with Crippen LogP contribution in [0.2, 0.25) is 5.02 Å². The second-order valence-corrected chi connectivity index (χ2v) is 9.59. The van der Waals surface area contributed by atoms with Crippen LogP contribution in [0.25, 0.3) is 0 Å². The van der Waals surface area contributed by atoms with Crippen molar-refractivity contribution in [3.63, 3.8) is 0 Å². The highest BCUT2D eigenvalue weighted by atomic mass is 35.5. The lowest BCUT2D eigenvalue weighted by Gasteiger charge is -2.28. The van der Waals surface area contributed by atoms with Crippen molar-refractivity contribution in [3.8, 4) is 0 Å². The molecule has 1 aliphatic rings. The van der Waals surface area contributed by atoms with Crippen molar-refractivity contribution < 1.29 is 13.2 Å². The van der Waals surface area contributed by atoms with Gasteiger partial charge in [-0.2, -0.15) is 0 Å². The van der Waals surface area contributed by atoms with Crippen molar-refractivity contribution in [3.05, 3.63) is 59.1 Å². The summed E-state index contributed by atoms with van der Waals surface area (Å²) in [5, 5.41) is 3.33. The molecule has 29 heavy (non-hydrogen) atoms. The first-order valence-corrected chi connectivity index (χ1v) is 11.8. The Hall–Kier alpha value is -2.25. The standard InChI is InChI=1S/C21H26ClN3O3S/c1-16(25(29(2,27)28)20-11-7-18(22)8-12-20)21(26)23-15-17-5-9-19(10-6-17)24-13-3-4-14-24/h5-12,16H,3-4,13-15H2,1-2H3,(H,23,26)/t16-/m0/s1. The molecular weight excluding hydrogens is 410 g/mol. The monoisotopic (exact) mass is 435 g/mol. The number of hydrogen-bond acceptors (Lipinski definition) is 4. The Labute approximate surface area is 177 Å². The smallest absolute Gasteiger partial charge is 0.243 e. The molecule has 6 nitrogen and oxygen atoms in total. The molecule has 0 radical (unpaired) electrons. The maximum atomic E-state index is 12.7. The molecule has 0 saturated carbocycles. The van der Waals surface area contributed by atoms with Gasteiger partial charge in [-0.1, -0.05) is 23.7 Å². The fourth-order valence-electron chi connectivity index (χ4n) is 3.53. The quantitative estimate of drug-likeness (QED) is 0.723. The van der Waals surface area contributed by atoms with E-state index in [1.807, 2.05) is 12.1 Å². The van der Waals surface area contributed by atoms with E-state index in [4.69, 9.17) is 11.6 Å².